The van der Waals surface area contributed by atoms with E-state index in [1.54, 1.807) is 18.4 Å². The Hall–Kier alpha value is -1.55. The van der Waals surface area contributed by atoms with Gasteiger partial charge in [0.2, 0.25) is 0 Å². The Balaban J connectivity index is 2.04. The molecule has 0 amide bonds. The van der Waals surface area contributed by atoms with Crippen LogP contribution in [0.2, 0.25) is 0 Å². The van der Waals surface area contributed by atoms with Crippen LogP contribution in [0.3, 0.4) is 0 Å². The van der Waals surface area contributed by atoms with Crippen molar-refractivity contribution >= 4 is 11.3 Å². The zero-order chi connectivity index (χ0) is 11.4. The third-order valence-corrected chi connectivity index (χ3v) is 2.99. The van der Waals surface area contributed by atoms with Crippen molar-refractivity contribution < 1.29 is 9.47 Å². The molecular weight excluding hydrogens is 222 g/mol. The van der Waals surface area contributed by atoms with E-state index in [2.05, 4.69) is 4.98 Å². The first kappa shape index (κ1) is 11.0. The van der Waals surface area contributed by atoms with Crippen LogP contribution in [-0.4, -0.2) is 12.1 Å². The molecule has 3 nitrogen and oxygen atoms in total. The predicted octanol–water partition coefficient (Wildman–Crippen LogP) is 3.04. The number of thiazole rings is 1. The van der Waals surface area contributed by atoms with Gasteiger partial charge in [-0.05, 0) is 19.1 Å². The first-order valence-corrected chi connectivity index (χ1v) is 5.78. The quantitative estimate of drug-likeness (QED) is 0.816. The molecule has 0 bridgehead atoms. The fraction of sp³-hybridized carbons (Fsp3) is 0.250. The molecule has 0 atom stereocenters. The molecule has 0 radical (unpaired) electrons. The second-order valence-electron chi connectivity index (χ2n) is 3.29. The van der Waals surface area contributed by atoms with Gasteiger partial charge in [0.1, 0.15) is 6.61 Å². The molecule has 2 rings (SSSR count). The smallest absolute Gasteiger partial charge is 0.161 e. The summed E-state index contributed by atoms with van der Waals surface area (Å²) in [4.78, 5) is 5.29. The Morgan fingerprint density at radius 3 is 2.62 bits per heavy atom. The zero-order valence-electron chi connectivity index (χ0n) is 9.27. The molecule has 2 aromatic rings. The summed E-state index contributed by atoms with van der Waals surface area (Å²) in [6, 6.07) is 7.62. The van der Waals surface area contributed by atoms with Crippen molar-refractivity contribution in [1.82, 2.24) is 4.98 Å². The lowest BCUT2D eigenvalue weighted by molar-refractivity contribution is 0.287. The van der Waals surface area contributed by atoms with E-state index < -0.39 is 0 Å². The average Bonchev–Trinajstić information content (AvgIpc) is 2.73. The summed E-state index contributed by atoms with van der Waals surface area (Å²) in [5.74, 6) is 1.51. The van der Waals surface area contributed by atoms with Gasteiger partial charge in [-0.25, -0.2) is 4.98 Å². The second-order valence-corrected chi connectivity index (χ2v) is 4.60. The van der Waals surface area contributed by atoms with E-state index in [4.69, 9.17) is 9.47 Å². The van der Waals surface area contributed by atoms with E-state index in [1.165, 1.54) is 0 Å². The number of hydrogen-bond donors (Lipinski definition) is 0. The normalized spacial score (nSPS) is 10.1. The van der Waals surface area contributed by atoms with Crippen molar-refractivity contribution in [3.8, 4) is 11.5 Å². The molecule has 0 spiro atoms. The standard InChI is InChI=1S/C12H13NO2S/c1-9-13-7-10(16-9)8-15-12-6-4-3-5-11(12)14-2/h3-7H,8H2,1-2H3. The average molecular weight is 235 g/mol. The van der Waals surface area contributed by atoms with Crippen LogP contribution in [0.15, 0.2) is 30.5 Å². The Morgan fingerprint density at radius 1 is 1.25 bits per heavy atom. The molecule has 0 N–H and O–H groups in total. The van der Waals surface area contributed by atoms with Gasteiger partial charge in [-0.1, -0.05) is 12.1 Å². The fourth-order valence-corrected chi connectivity index (χ4v) is 2.07. The Labute approximate surface area is 98.7 Å². The molecule has 0 unspecified atom stereocenters. The molecule has 0 aliphatic rings. The second kappa shape index (κ2) is 4.99. The Kier molecular flexibility index (Phi) is 3.41. The number of methoxy groups -OCH3 is 1. The van der Waals surface area contributed by atoms with Gasteiger partial charge in [-0.2, -0.15) is 0 Å². The van der Waals surface area contributed by atoms with Gasteiger partial charge in [0, 0.05) is 6.20 Å². The molecule has 0 aliphatic heterocycles. The summed E-state index contributed by atoms with van der Waals surface area (Å²) in [7, 11) is 1.64. The number of rotatable bonds is 4. The van der Waals surface area contributed by atoms with Crippen LogP contribution in [0.5, 0.6) is 11.5 Å². The van der Waals surface area contributed by atoms with Crippen molar-refractivity contribution in [3.63, 3.8) is 0 Å². The Morgan fingerprint density at radius 2 is 2.00 bits per heavy atom. The van der Waals surface area contributed by atoms with E-state index in [0.29, 0.717) is 6.61 Å². The number of ether oxygens (including phenoxy) is 2. The SMILES string of the molecule is COc1ccccc1OCc1cnc(C)s1. The van der Waals surface area contributed by atoms with Crippen LogP contribution >= 0.6 is 11.3 Å². The molecule has 0 saturated carbocycles. The summed E-state index contributed by atoms with van der Waals surface area (Å²) < 4.78 is 10.9. The van der Waals surface area contributed by atoms with Crippen molar-refractivity contribution in [2.75, 3.05) is 7.11 Å². The highest BCUT2D eigenvalue weighted by molar-refractivity contribution is 7.11. The first-order valence-electron chi connectivity index (χ1n) is 4.96. The third-order valence-electron chi connectivity index (χ3n) is 2.11. The maximum atomic E-state index is 5.67. The number of para-hydroxylation sites is 2. The molecule has 16 heavy (non-hydrogen) atoms. The number of aromatic nitrogens is 1. The summed E-state index contributed by atoms with van der Waals surface area (Å²) >= 11 is 1.64. The van der Waals surface area contributed by atoms with Crippen LogP contribution in [0.4, 0.5) is 0 Å². The number of nitrogens with zero attached hydrogens (tertiary/aromatic N) is 1. The van der Waals surface area contributed by atoms with Crippen LogP contribution in [-0.2, 0) is 6.61 Å². The van der Waals surface area contributed by atoms with Gasteiger partial charge in [0.15, 0.2) is 11.5 Å². The van der Waals surface area contributed by atoms with E-state index in [9.17, 15) is 0 Å². The summed E-state index contributed by atoms with van der Waals surface area (Å²) in [5.41, 5.74) is 0. The summed E-state index contributed by atoms with van der Waals surface area (Å²) in [5, 5.41) is 1.05. The van der Waals surface area contributed by atoms with Gasteiger partial charge in [-0.15, -0.1) is 11.3 Å². The van der Waals surface area contributed by atoms with Gasteiger partial charge in [0.25, 0.3) is 0 Å². The Bertz CT molecular complexity index is 468. The molecule has 84 valence electrons. The maximum Gasteiger partial charge on any atom is 0.161 e. The fourth-order valence-electron chi connectivity index (χ4n) is 1.36. The highest BCUT2D eigenvalue weighted by Crippen LogP contribution is 2.27. The molecule has 1 aromatic carbocycles. The number of benzene rings is 1. The van der Waals surface area contributed by atoms with E-state index in [-0.39, 0.29) is 0 Å². The number of hydrogen-bond acceptors (Lipinski definition) is 4. The largest absolute Gasteiger partial charge is 0.493 e. The van der Waals surface area contributed by atoms with Crippen molar-refractivity contribution in [2.24, 2.45) is 0 Å². The molecule has 0 fully saturated rings. The van der Waals surface area contributed by atoms with Crippen LogP contribution in [0, 0.1) is 6.92 Å². The molecule has 4 heteroatoms. The third kappa shape index (κ3) is 2.52. The molecule has 0 saturated heterocycles. The van der Waals surface area contributed by atoms with E-state index >= 15 is 0 Å². The lowest BCUT2D eigenvalue weighted by Gasteiger charge is -2.08. The minimum Gasteiger partial charge on any atom is -0.493 e. The summed E-state index contributed by atoms with van der Waals surface area (Å²) in [6.07, 6.45) is 1.84. The lowest BCUT2D eigenvalue weighted by Crippen LogP contribution is -1.95. The maximum absolute atomic E-state index is 5.67. The molecule has 0 aliphatic carbocycles. The van der Waals surface area contributed by atoms with Crippen molar-refractivity contribution in [3.05, 3.63) is 40.3 Å². The minimum absolute atomic E-state index is 0.534. The van der Waals surface area contributed by atoms with Crippen molar-refractivity contribution in [1.29, 1.82) is 0 Å². The topological polar surface area (TPSA) is 31.4 Å². The van der Waals surface area contributed by atoms with Crippen LogP contribution < -0.4 is 9.47 Å². The van der Waals surface area contributed by atoms with Gasteiger partial charge in [0.05, 0.1) is 17.0 Å². The van der Waals surface area contributed by atoms with Gasteiger partial charge < -0.3 is 9.47 Å². The molecule has 1 heterocycles. The highest BCUT2D eigenvalue weighted by Gasteiger charge is 2.04. The first-order chi connectivity index (χ1) is 7.79. The van der Waals surface area contributed by atoms with E-state index in [1.807, 2.05) is 37.4 Å². The van der Waals surface area contributed by atoms with Gasteiger partial charge >= 0.3 is 0 Å². The van der Waals surface area contributed by atoms with Crippen LogP contribution in [0.25, 0.3) is 0 Å². The zero-order valence-corrected chi connectivity index (χ0v) is 10.1. The number of aryl methyl sites for hydroxylation is 1. The van der Waals surface area contributed by atoms with Crippen LogP contribution in [0.1, 0.15) is 9.88 Å². The minimum atomic E-state index is 0.534. The summed E-state index contributed by atoms with van der Waals surface area (Å²) in [6.45, 7) is 2.52. The highest BCUT2D eigenvalue weighted by atomic mass is 32.1. The monoisotopic (exact) mass is 235 g/mol. The van der Waals surface area contributed by atoms with Crippen molar-refractivity contribution in [2.45, 2.75) is 13.5 Å². The molecular formula is C12H13NO2S. The lowest BCUT2D eigenvalue weighted by atomic mass is 10.3. The van der Waals surface area contributed by atoms with Gasteiger partial charge in [-0.3, -0.25) is 0 Å². The predicted molar refractivity (Wildman–Crippen MR) is 64.2 cm³/mol. The molecule has 1 aromatic heterocycles. The van der Waals surface area contributed by atoms with E-state index in [0.717, 1.165) is 21.4 Å².